The van der Waals surface area contributed by atoms with Crippen LogP contribution in [-0.2, 0) is 17.1 Å². The fourth-order valence-corrected chi connectivity index (χ4v) is 4.67. The van der Waals surface area contributed by atoms with Crippen molar-refractivity contribution < 1.29 is 9.84 Å². The summed E-state index contributed by atoms with van der Waals surface area (Å²) in [5.41, 5.74) is 4.05. The lowest BCUT2D eigenvalue weighted by molar-refractivity contribution is -0.312. The average molecular weight is 422 g/mol. The number of morpholine rings is 1. The lowest BCUT2D eigenvalue weighted by atomic mass is 9.87. The number of rotatable bonds is 5. The molecular weight excluding hydrogens is 394 g/mol. The molecule has 0 bridgehead atoms. The highest BCUT2D eigenvalue weighted by Gasteiger charge is 2.50. The van der Waals surface area contributed by atoms with Gasteiger partial charge in [0.05, 0.1) is 12.1 Å². The third-order valence-electron chi connectivity index (χ3n) is 6.16. The molecule has 32 heavy (non-hydrogen) atoms. The zero-order valence-electron chi connectivity index (χ0n) is 17.9. The minimum atomic E-state index is -1.50. The highest BCUT2D eigenvalue weighted by Crippen LogP contribution is 2.48. The Morgan fingerprint density at radius 2 is 1.19 bits per heavy atom. The van der Waals surface area contributed by atoms with Gasteiger partial charge >= 0.3 is 0 Å². The van der Waals surface area contributed by atoms with E-state index in [1.807, 2.05) is 72.8 Å². The monoisotopic (exact) mass is 421 g/mol. The number of hydrogen-bond acceptors (Lipinski definition) is 3. The summed E-state index contributed by atoms with van der Waals surface area (Å²) in [6.07, 6.45) is -0.259. The normalized spacial score (nSPS) is 23.7. The highest BCUT2D eigenvalue weighted by atomic mass is 16.6. The first-order valence-corrected chi connectivity index (χ1v) is 11.1. The SMILES string of the molecule is O[C@]1(c2ccccc2)O[C@H](c2ccccc2)CN(Cc2ccccc2)[C@H]1c1ccccc1. The van der Waals surface area contributed by atoms with E-state index in [0.29, 0.717) is 13.1 Å². The molecule has 3 heteroatoms. The summed E-state index contributed by atoms with van der Waals surface area (Å²) in [6, 6.07) is 40.2. The van der Waals surface area contributed by atoms with Crippen molar-refractivity contribution in [1.29, 1.82) is 0 Å². The molecule has 1 aliphatic heterocycles. The fraction of sp³-hybridized carbons (Fsp3) is 0.172. The third kappa shape index (κ3) is 4.11. The second-order valence-electron chi connectivity index (χ2n) is 8.31. The molecule has 1 N–H and O–H groups in total. The van der Waals surface area contributed by atoms with Gasteiger partial charge in [0.15, 0.2) is 0 Å². The van der Waals surface area contributed by atoms with Crippen LogP contribution in [0.1, 0.15) is 34.4 Å². The zero-order chi connectivity index (χ0) is 21.8. The van der Waals surface area contributed by atoms with Crippen molar-refractivity contribution >= 4 is 0 Å². The summed E-state index contributed by atoms with van der Waals surface area (Å²) >= 11 is 0. The summed E-state index contributed by atoms with van der Waals surface area (Å²) in [6.45, 7) is 1.38. The van der Waals surface area contributed by atoms with Crippen molar-refractivity contribution in [3.63, 3.8) is 0 Å². The Kier molecular flexibility index (Phi) is 5.87. The Morgan fingerprint density at radius 1 is 0.688 bits per heavy atom. The van der Waals surface area contributed by atoms with Gasteiger partial charge in [0.2, 0.25) is 5.79 Å². The average Bonchev–Trinajstić information content (AvgIpc) is 2.86. The van der Waals surface area contributed by atoms with Crippen LogP contribution in [0.15, 0.2) is 121 Å². The minimum Gasteiger partial charge on any atom is -0.360 e. The highest BCUT2D eigenvalue weighted by molar-refractivity contribution is 5.32. The van der Waals surface area contributed by atoms with E-state index in [2.05, 4.69) is 53.4 Å². The van der Waals surface area contributed by atoms with Crippen molar-refractivity contribution in [2.45, 2.75) is 24.5 Å². The first-order valence-electron chi connectivity index (χ1n) is 11.1. The standard InChI is InChI=1S/C29H27NO2/c31-29(26-19-11-4-12-20-26)28(25-17-9-3-10-18-25)30(21-23-13-5-1-6-14-23)22-27(32-29)24-15-7-2-8-16-24/h1-20,27-28,31H,21-22H2/t27-,28-,29+/m0/s1. The second-order valence-corrected chi connectivity index (χ2v) is 8.31. The Hall–Kier alpha value is -3.24. The second kappa shape index (κ2) is 9.09. The first kappa shape index (κ1) is 20.7. The van der Waals surface area contributed by atoms with E-state index in [4.69, 9.17) is 4.74 Å². The Morgan fingerprint density at radius 3 is 1.78 bits per heavy atom. The molecule has 1 fully saturated rings. The molecule has 3 nitrogen and oxygen atoms in total. The van der Waals surface area contributed by atoms with Crippen molar-refractivity contribution in [2.24, 2.45) is 0 Å². The molecule has 0 saturated carbocycles. The van der Waals surface area contributed by atoms with E-state index in [9.17, 15) is 5.11 Å². The van der Waals surface area contributed by atoms with Crippen LogP contribution in [0.3, 0.4) is 0 Å². The predicted molar refractivity (Wildman–Crippen MR) is 127 cm³/mol. The smallest absolute Gasteiger partial charge is 0.213 e. The fourth-order valence-electron chi connectivity index (χ4n) is 4.67. The number of aliphatic hydroxyl groups is 1. The van der Waals surface area contributed by atoms with Crippen LogP contribution in [0.5, 0.6) is 0 Å². The molecular formula is C29H27NO2. The van der Waals surface area contributed by atoms with E-state index in [1.54, 1.807) is 0 Å². The van der Waals surface area contributed by atoms with Crippen molar-refractivity contribution in [1.82, 2.24) is 4.90 Å². The van der Waals surface area contributed by atoms with Gasteiger partial charge in [-0.15, -0.1) is 0 Å². The molecule has 160 valence electrons. The van der Waals surface area contributed by atoms with Crippen LogP contribution >= 0.6 is 0 Å². The lowest BCUT2D eigenvalue weighted by Crippen LogP contribution is -2.53. The summed E-state index contributed by atoms with van der Waals surface area (Å²) in [5.74, 6) is -1.50. The molecule has 1 heterocycles. The number of benzene rings is 4. The summed E-state index contributed by atoms with van der Waals surface area (Å²) in [4.78, 5) is 2.35. The van der Waals surface area contributed by atoms with Gasteiger partial charge in [0.25, 0.3) is 0 Å². The van der Waals surface area contributed by atoms with Crippen LogP contribution in [0.2, 0.25) is 0 Å². The molecule has 1 aliphatic rings. The molecule has 4 aromatic carbocycles. The first-order chi connectivity index (χ1) is 15.7. The van der Waals surface area contributed by atoms with Crippen molar-refractivity contribution in [3.05, 3.63) is 144 Å². The van der Waals surface area contributed by atoms with E-state index in [1.165, 1.54) is 5.56 Å². The van der Waals surface area contributed by atoms with Gasteiger partial charge in [-0.05, 0) is 16.7 Å². The van der Waals surface area contributed by atoms with E-state index in [-0.39, 0.29) is 12.1 Å². The molecule has 0 aromatic heterocycles. The molecule has 5 rings (SSSR count). The Balaban J connectivity index is 1.64. The van der Waals surface area contributed by atoms with Crippen molar-refractivity contribution in [3.8, 4) is 0 Å². The largest absolute Gasteiger partial charge is 0.360 e. The summed E-state index contributed by atoms with van der Waals surface area (Å²) in [5, 5.41) is 12.3. The summed E-state index contributed by atoms with van der Waals surface area (Å²) < 4.78 is 6.59. The molecule has 0 spiro atoms. The maximum absolute atomic E-state index is 12.3. The Bertz CT molecular complexity index is 1120. The maximum Gasteiger partial charge on any atom is 0.213 e. The quantitative estimate of drug-likeness (QED) is 0.439. The lowest BCUT2D eigenvalue weighted by Gasteiger charge is -2.50. The third-order valence-corrected chi connectivity index (χ3v) is 6.16. The molecule has 1 saturated heterocycles. The number of nitrogens with zero attached hydrogens (tertiary/aromatic N) is 1. The van der Waals surface area contributed by atoms with Gasteiger partial charge in [0, 0.05) is 18.7 Å². The van der Waals surface area contributed by atoms with Crippen molar-refractivity contribution in [2.75, 3.05) is 6.54 Å². The van der Waals surface area contributed by atoms with E-state index >= 15 is 0 Å². The Labute approximate surface area is 189 Å². The van der Waals surface area contributed by atoms with Crippen LogP contribution in [0.4, 0.5) is 0 Å². The van der Waals surface area contributed by atoms with Gasteiger partial charge < -0.3 is 9.84 Å². The number of ether oxygens (including phenoxy) is 1. The van der Waals surface area contributed by atoms with Gasteiger partial charge in [0.1, 0.15) is 0 Å². The molecule has 0 amide bonds. The van der Waals surface area contributed by atoms with Crippen LogP contribution < -0.4 is 0 Å². The van der Waals surface area contributed by atoms with Crippen LogP contribution in [0, 0.1) is 0 Å². The molecule has 4 aromatic rings. The van der Waals surface area contributed by atoms with Gasteiger partial charge in [-0.3, -0.25) is 4.90 Å². The van der Waals surface area contributed by atoms with Crippen LogP contribution in [-0.4, -0.2) is 16.6 Å². The van der Waals surface area contributed by atoms with Gasteiger partial charge in [-0.25, -0.2) is 0 Å². The van der Waals surface area contributed by atoms with Crippen LogP contribution in [0.25, 0.3) is 0 Å². The van der Waals surface area contributed by atoms with Gasteiger partial charge in [-0.2, -0.15) is 0 Å². The van der Waals surface area contributed by atoms with E-state index in [0.717, 1.165) is 16.7 Å². The predicted octanol–water partition coefficient (Wildman–Crippen LogP) is 5.85. The van der Waals surface area contributed by atoms with E-state index < -0.39 is 5.79 Å². The topological polar surface area (TPSA) is 32.7 Å². The molecule has 0 radical (unpaired) electrons. The number of hydrogen-bond donors (Lipinski definition) is 1. The molecule has 0 unspecified atom stereocenters. The molecule has 3 atom stereocenters. The zero-order valence-corrected chi connectivity index (χ0v) is 17.9. The summed E-state index contributed by atoms with van der Waals surface area (Å²) in [7, 11) is 0. The van der Waals surface area contributed by atoms with Gasteiger partial charge in [-0.1, -0.05) is 121 Å². The maximum atomic E-state index is 12.3. The minimum absolute atomic E-state index is 0.259. The molecule has 0 aliphatic carbocycles.